The number of unbranched alkanes of at least 4 members (excludes halogenated alkanes) is 1. The number of aliphatic hydroxyl groups is 1. The summed E-state index contributed by atoms with van der Waals surface area (Å²) in [6.07, 6.45) is 4.65. The van der Waals surface area contributed by atoms with Crippen LogP contribution in [-0.4, -0.2) is 22.6 Å². The lowest BCUT2D eigenvalue weighted by Crippen LogP contribution is -1.97. The monoisotopic (exact) mass is 217 g/mol. The van der Waals surface area contributed by atoms with Crippen molar-refractivity contribution >= 4 is 17.2 Å². The van der Waals surface area contributed by atoms with Gasteiger partial charge in [-0.05, 0) is 30.4 Å². The maximum Gasteiger partial charge on any atom is 0.150 e. The topological polar surface area (TPSA) is 42.2 Å². The lowest BCUT2D eigenvalue weighted by Gasteiger charge is -2.04. The Hall–Kier alpha value is -1.61. The quantitative estimate of drug-likeness (QED) is 0.616. The third-order valence-corrected chi connectivity index (χ3v) is 2.74. The lowest BCUT2D eigenvalue weighted by molar-refractivity contribution is 0.112. The molecule has 0 saturated carbocycles. The second kappa shape index (κ2) is 4.94. The summed E-state index contributed by atoms with van der Waals surface area (Å²) in [5, 5.41) is 9.88. The van der Waals surface area contributed by atoms with E-state index in [4.69, 9.17) is 5.11 Å². The van der Waals surface area contributed by atoms with E-state index in [9.17, 15) is 4.79 Å². The van der Waals surface area contributed by atoms with Gasteiger partial charge < -0.3 is 9.67 Å². The molecular weight excluding hydrogens is 202 g/mol. The number of hydrogen-bond acceptors (Lipinski definition) is 2. The number of aldehydes is 1. The van der Waals surface area contributed by atoms with Gasteiger partial charge in [0, 0.05) is 30.4 Å². The van der Waals surface area contributed by atoms with Crippen LogP contribution in [0.4, 0.5) is 0 Å². The molecule has 1 aromatic carbocycles. The highest BCUT2D eigenvalue weighted by Gasteiger charge is 2.01. The first-order chi connectivity index (χ1) is 7.85. The summed E-state index contributed by atoms with van der Waals surface area (Å²) >= 11 is 0. The van der Waals surface area contributed by atoms with Gasteiger partial charge in [0.25, 0.3) is 0 Å². The van der Waals surface area contributed by atoms with Crippen molar-refractivity contribution in [3.8, 4) is 0 Å². The largest absolute Gasteiger partial charge is 0.396 e. The summed E-state index contributed by atoms with van der Waals surface area (Å²) in [4.78, 5) is 10.7. The maximum absolute atomic E-state index is 10.7. The summed E-state index contributed by atoms with van der Waals surface area (Å²) in [7, 11) is 0. The molecule has 0 unspecified atom stereocenters. The SMILES string of the molecule is O=Cc1ccc2ccn(CCCCO)c2c1. The van der Waals surface area contributed by atoms with Crippen molar-refractivity contribution in [2.75, 3.05) is 6.61 Å². The third-order valence-electron chi connectivity index (χ3n) is 2.74. The highest BCUT2D eigenvalue weighted by molar-refractivity contribution is 5.87. The van der Waals surface area contributed by atoms with E-state index in [1.807, 2.05) is 30.5 Å². The lowest BCUT2D eigenvalue weighted by atomic mass is 10.2. The summed E-state index contributed by atoms with van der Waals surface area (Å²) in [6, 6.07) is 7.74. The van der Waals surface area contributed by atoms with E-state index in [0.29, 0.717) is 5.56 Å². The third kappa shape index (κ3) is 2.14. The van der Waals surface area contributed by atoms with Gasteiger partial charge in [0.1, 0.15) is 6.29 Å². The summed E-state index contributed by atoms with van der Waals surface area (Å²) < 4.78 is 2.12. The van der Waals surface area contributed by atoms with Crippen LogP contribution in [0, 0.1) is 0 Å². The molecule has 0 aliphatic heterocycles. The van der Waals surface area contributed by atoms with Crippen molar-refractivity contribution in [2.24, 2.45) is 0 Å². The number of carbonyl (C=O) groups excluding carboxylic acids is 1. The zero-order chi connectivity index (χ0) is 11.4. The van der Waals surface area contributed by atoms with Gasteiger partial charge in [-0.3, -0.25) is 4.79 Å². The minimum absolute atomic E-state index is 0.235. The predicted octanol–water partition coefficient (Wildman–Crippen LogP) is 2.23. The van der Waals surface area contributed by atoms with Crippen LogP contribution < -0.4 is 0 Å². The predicted molar refractivity (Wildman–Crippen MR) is 63.6 cm³/mol. The number of benzene rings is 1. The van der Waals surface area contributed by atoms with Crippen LogP contribution in [0.3, 0.4) is 0 Å². The van der Waals surface area contributed by atoms with Gasteiger partial charge in [-0.25, -0.2) is 0 Å². The first-order valence-electron chi connectivity index (χ1n) is 5.50. The number of hydrogen-bond donors (Lipinski definition) is 1. The zero-order valence-corrected chi connectivity index (χ0v) is 9.10. The average molecular weight is 217 g/mol. The molecule has 2 rings (SSSR count). The first kappa shape index (κ1) is 10.9. The molecule has 0 spiro atoms. The van der Waals surface area contributed by atoms with Crippen LogP contribution in [0.5, 0.6) is 0 Å². The summed E-state index contributed by atoms with van der Waals surface area (Å²) in [6.45, 7) is 1.12. The molecule has 1 aromatic heterocycles. The summed E-state index contributed by atoms with van der Waals surface area (Å²) in [5.41, 5.74) is 1.79. The van der Waals surface area contributed by atoms with Crippen LogP contribution in [0.1, 0.15) is 23.2 Å². The van der Waals surface area contributed by atoms with Gasteiger partial charge >= 0.3 is 0 Å². The molecule has 0 aliphatic rings. The van der Waals surface area contributed by atoms with Gasteiger partial charge in [0.15, 0.2) is 0 Å². The van der Waals surface area contributed by atoms with Gasteiger partial charge in [0.2, 0.25) is 0 Å². The van der Waals surface area contributed by atoms with Gasteiger partial charge in [-0.1, -0.05) is 12.1 Å². The highest BCUT2D eigenvalue weighted by atomic mass is 16.2. The van der Waals surface area contributed by atoms with Crippen LogP contribution >= 0.6 is 0 Å². The smallest absolute Gasteiger partial charge is 0.150 e. The van der Waals surface area contributed by atoms with Gasteiger partial charge in [0.05, 0.1) is 0 Å². The van der Waals surface area contributed by atoms with Gasteiger partial charge in [-0.2, -0.15) is 0 Å². The van der Waals surface area contributed by atoms with Crippen molar-refractivity contribution in [3.05, 3.63) is 36.0 Å². The Morgan fingerprint density at radius 1 is 1.25 bits per heavy atom. The zero-order valence-electron chi connectivity index (χ0n) is 9.10. The Kier molecular flexibility index (Phi) is 3.37. The number of aliphatic hydroxyl groups excluding tert-OH is 1. The van der Waals surface area contributed by atoms with Crippen LogP contribution in [0.25, 0.3) is 10.9 Å². The molecule has 0 saturated heterocycles. The maximum atomic E-state index is 10.7. The molecule has 3 nitrogen and oxygen atoms in total. The van der Waals surface area contributed by atoms with Crippen molar-refractivity contribution in [1.29, 1.82) is 0 Å². The van der Waals surface area contributed by atoms with Gasteiger partial charge in [-0.15, -0.1) is 0 Å². The number of fused-ring (bicyclic) bond motifs is 1. The second-order valence-corrected chi connectivity index (χ2v) is 3.88. The first-order valence-corrected chi connectivity index (χ1v) is 5.50. The van der Waals surface area contributed by atoms with Crippen molar-refractivity contribution in [3.63, 3.8) is 0 Å². The van der Waals surface area contributed by atoms with E-state index in [2.05, 4.69) is 4.57 Å². The Balaban J connectivity index is 2.27. The molecule has 2 aromatic rings. The van der Waals surface area contributed by atoms with E-state index >= 15 is 0 Å². The molecule has 1 heterocycles. The molecule has 16 heavy (non-hydrogen) atoms. The minimum Gasteiger partial charge on any atom is -0.396 e. The van der Waals surface area contributed by atoms with E-state index in [1.165, 1.54) is 0 Å². The van der Waals surface area contributed by atoms with Crippen molar-refractivity contribution in [1.82, 2.24) is 4.57 Å². The Bertz CT molecular complexity index is 488. The average Bonchev–Trinajstić information content (AvgIpc) is 2.72. The van der Waals surface area contributed by atoms with Crippen LogP contribution in [0.2, 0.25) is 0 Å². The standard InChI is InChI=1S/C13H15NO2/c15-8-2-1-6-14-7-5-12-4-3-11(10-16)9-13(12)14/h3-5,7,9-10,15H,1-2,6,8H2. The minimum atomic E-state index is 0.235. The van der Waals surface area contributed by atoms with Crippen LogP contribution in [-0.2, 0) is 6.54 Å². The van der Waals surface area contributed by atoms with E-state index in [1.54, 1.807) is 0 Å². The Morgan fingerprint density at radius 3 is 2.88 bits per heavy atom. The number of rotatable bonds is 5. The molecule has 0 bridgehead atoms. The second-order valence-electron chi connectivity index (χ2n) is 3.88. The molecule has 0 atom stereocenters. The molecule has 0 aliphatic carbocycles. The summed E-state index contributed by atoms with van der Waals surface area (Å²) in [5.74, 6) is 0. The molecule has 0 radical (unpaired) electrons. The molecule has 84 valence electrons. The molecule has 1 N–H and O–H groups in total. The van der Waals surface area contributed by atoms with E-state index < -0.39 is 0 Å². The Morgan fingerprint density at radius 2 is 2.12 bits per heavy atom. The number of aromatic nitrogens is 1. The Labute approximate surface area is 94.3 Å². The fourth-order valence-corrected chi connectivity index (χ4v) is 1.86. The number of nitrogens with zero attached hydrogens (tertiary/aromatic N) is 1. The van der Waals surface area contributed by atoms with E-state index in [0.717, 1.165) is 36.6 Å². The number of carbonyl (C=O) groups is 1. The fraction of sp³-hybridized carbons (Fsp3) is 0.308. The van der Waals surface area contributed by atoms with Crippen molar-refractivity contribution in [2.45, 2.75) is 19.4 Å². The molecule has 0 fully saturated rings. The fourth-order valence-electron chi connectivity index (χ4n) is 1.86. The van der Waals surface area contributed by atoms with E-state index in [-0.39, 0.29) is 6.61 Å². The van der Waals surface area contributed by atoms with Crippen LogP contribution in [0.15, 0.2) is 30.5 Å². The number of aryl methyl sites for hydroxylation is 1. The highest BCUT2D eigenvalue weighted by Crippen LogP contribution is 2.17. The molecular formula is C13H15NO2. The molecule has 3 heteroatoms. The molecule has 0 amide bonds. The van der Waals surface area contributed by atoms with Crippen molar-refractivity contribution < 1.29 is 9.90 Å². The normalized spacial score (nSPS) is 10.8.